The van der Waals surface area contributed by atoms with E-state index in [-0.39, 0.29) is 5.91 Å². The Morgan fingerprint density at radius 1 is 1.21 bits per heavy atom. The maximum atomic E-state index is 12.1. The second-order valence-electron chi connectivity index (χ2n) is 5.13. The number of benzene rings is 2. The molecule has 6 heteroatoms. The van der Waals surface area contributed by atoms with Crippen molar-refractivity contribution >= 4 is 34.4 Å². The molecule has 3 rings (SSSR count). The van der Waals surface area contributed by atoms with E-state index in [2.05, 4.69) is 15.3 Å². The summed E-state index contributed by atoms with van der Waals surface area (Å²) < 4.78 is 5.51. The van der Waals surface area contributed by atoms with Crippen LogP contribution in [0.15, 0.2) is 53.7 Å². The van der Waals surface area contributed by atoms with Gasteiger partial charge in [-0.05, 0) is 31.2 Å². The lowest BCUT2D eigenvalue weighted by molar-refractivity contribution is -0.115. The van der Waals surface area contributed by atoms with Crippen molar-refractivity contribution in [1.29, 1.82) is 0 Å². The molecule has 0 fully saturated rings. The van der Waals surface area contributed by atoms with E-state index in [9.17, 15) is 4.79 Å². The van der Waals surface area contributed by atoms with E-state index >= 15 is 0 Å². The first-order valence-electron chi connectivity index (χ1n) is 7.85. The first-order valence-corrected chi connectivity index (χ1v) is 8.84. The van der Waals surface area contributed by atoms with E-state index in [1.54, 1.807) is 11.8 Å². The van der Waals surface area contributed by atoms with Crippen molar-refractivity contribution < 1.29 is 9.53 Å². The minimum absolute atomic E-state index is 0.0363. The lowest BCUT2D eigenvalue weighted by Crippen LogP contribution is -2.13. The van der Waals surface area contributed by atoms with E-state index in [1.165, 1.54) is 0 Å². The summed E-state index contributed by atoms with van der Waals surface area (Å²) in [6.45, 7) is 2.48. The van der Waals surface area contributed by atoms with Gasteiger partial charge < -0.3 is 15.0 Å². The molecule has 0 unspecified atom stereocenters. The number of rotatable bonds is 7. The van der Waals surface area contributed by atoms with Crippen molar-refractivity contribution in [1.82, 2.24) is 9.97 Å². The minimum Gasteiger partial charge on any atom is -0.492 e. The number of ether oxygens (including phenoxy) is 1. The van der Waals surface area contributed by atoms with Gasteiger partial charge in [0.15, 0.2) is 5.16 Å². The average Bonchev–Trinajstić information content (AvgIpc) is 2.99. The summed E-state index contributed by atoms with van der Waals surface area (Å²) in [5.74, 6) is 1.31. The van der Waals surface area contributed by atoms with Crippen LogP contribution in [0.2, 0.25) is 0 Å². The molecule has 0 atom stereocenters. The van der Waals surface area contributed by atoms with Crippen LogP contribution in [0, 0.1) is 0 Å². The maximum Gasteiger partial charge on any atom is 0.225 e. The van der Waals surface area contributed by atoms with Gasteiger partial charge >= 0.3 is 0 Å². The Morgan fingerprint density at radius 2 is 2.00 bits per heavy atom. The first kappa shape index (κ1) is 16.4. The van der Waals surface area contributed by atoms with Gasteiger partial charge in [-0.3, -0.25) is 4.79 Å². The number of amides is 1. The van der Waals surface area contributed by atoms with Crippen LogP contribution in [0.3, 0.4) is 0 Å². The molecule has 0 bridgehead atoms. The molecular formula is C18H19N3O2S. The smallest absolute Gasteiger partial charge is 0.225 e. The molecule has 0 saturated heterocycles. The highest BCUT2D eigenvalue weighted by atomic mass is 32.2. The third kappa shape index (κ3) is 4.08. The highest BCUT2D eigenvalue weighted by molar-refractivity contribution is 7.99. The predicted molar refractivity (Wildman–Crippen MR) is 97.7 cm³/mol. The van der Waals surface area contributed by atoms with E-state index in [0.717, 1.165) is 16.2 Å². The Bertz CT molecular complexity index is 799. The minimum atomic E-state index is -0.0363. The van der Waals surface area contributed by atoms with E-state index in [0.29, 0.717) is 30.2 Å². The third-order valence-electron chi connectivity index (χ3n) is 3.40. The molecule has 0 aliphatic rings. The number of nitrogens with one attached hydrogen (secondary N) is 2. The summed E-state index contributed by atoms with van der Waals surface area (Å²) in [5.41, 5.74) is 2.66. The van der Waals surface area contributed by atoms with Gasteiger partial charge in [-0.1, -0.05) is 36.0 Å². The fourth-order valence-electron chi connectivity index (χ4n) is 2.30. The SMILES string of the molecule is CCOc1ccccc1NC(=O)CCSc1nc2ccccc2[nH]1. The average molecular weight is 341 g/mol. The summed E-state index contributed by atoms with van der Waals surface area (Å²) in [6, 6.07) is 15.3. The maximum absolute atomic E-state index is 12.1. The number of aromatic amines is 1. The topological polar surface area (TPSA) is 67.0 Å². The fourth-order valence-corrected chi connectivity index (χ4v) is 3.13. The number of carbonyl (C=O) groups is 1. The van der Waals surface area contributed by atoms with Crippen LogP contribution in [-0.4, -0.2) is 28.2 Å². The summed E-state index contributed by atoms with van der Waals surface area (Å²) in [4.78, 5) is 19.9. The van der Waals surface area contributed by atoms with Crippen LogP contribution < -0.4 is 10.1 Å². The number of aromatic nitrogens is 2. The molecule has 124 valence electrons. The Hall–Kier alpha value is -2.47. The first-order chi connectivity index (χ1) is 11.8. The number of nitrogens with zero attached hydrogens (tertiary/aromatic N) is 1. The summed E-state index contributed by atoms with van der Waals surface area (Å²) >= 11 is 1.54. The quantitative estimate of drug-likeness (QED) is 0.635. The van der Waals surface area contributed by atoms with Crippen LogP contribution in [0.1, 0.15) is 13.3 Å². The Kier molecular flexibility index (Phi) is 5.38. The van der Waals surface area contributed by atoms with Crippen molar-refractivity contribution in [2.24, 2.45) is 0 Å². The number of hydrogen-bond donors (Lipinski definition) is 2. The molecule has 0 spiro atoms. The molecule has 2 aromatic carbocycles. The van der Waals surface area contributed by atoms with Crippen LogP contribution in [0.25, 0.3) is 11.0 Å². The van der Waals surface area contributed by atoms with Gasteiger partial charge in [-0.25, -0.2) is 4.98 Å². The Morgan fingerprint density at radius 3 is 2.83 bits per heavy atom. The molecule has 1 aromatic heterocycles. The van der Waals surface area contributed by atoms with Crippen LogP contribution in [0.4, 0.5) is 5.69 Å². The fraction of sp³-hybridized carbons (Fsp3) is 0.222. The highest BCUT2D eigenvalue weighted by Crippen LogP contribution is 2.24. The number of H-pyrrole nitrogens is 1. The lowest BCUT2D eigenvalue weighted by Gasteiger charge is -2.10. The second-order valence-corrected chi connectivity index (χ2v) is 6.22. The number of carbonyl (C=O) groups excluding carboxylic acids is 1. The molecule has 2 N–H and O–H groups in total. The van der Waals surface area contributed by atoms with Gasteiger partial charge in [0.1, 0.15) is 5.75 Å². The monoisotopic (exact) mass is 341 g/mol. The van der Waals surface area contributed by atoms with Crippen LogP contribution >= 0.6 is 11.8 Å². The zero-order valence-electron chi connectivity index (χ0n) is 13.4. The molecule has 0 aliphatic carbocycles. The molecule has 1 heterocycles. The standard InChI is InChI=1S/C18H19N3O2S/c1-2-23-16-10-6-5-9-15(16)19-17(22)11-12-24-18-20-13-7-3-4-8-14(13)21-18/h3-10H,2,11-12H2,1H3,(H,19,22)(H,20,21). The number of hydrogen-bond acceptors (Lipinski definition) is 4. The van der Waals surface area contributed by atoms with Crippen molar-refractivity contribution in [3.05, 3.63) is 48.5 Å². The van der Waals surface area contributed by atoms with Gasteiger partial charge in [0.25, 0.3) is 0 Å². The number of para-hydroxylation sites is 4. The van der Waals surface area contributed by atoms with Gasteiger partial charge in [0, 0.05) is 12.2 Å². The summed E-state index contributed by atoms with van der Waals surface area (Å²) in [7, 11) is 0. The molecule has 0 aliphatic heterocycles. The van der Waals surface area contributed by atoms with Crippen molar-refractivity contribution in [2.45, 2.75) is 18.5 Å². The van der Waals surface area contributed by atoms with Gasteiger partial charge in [0.2, 0.25) is 5.91 Å². The van der Waals surface area contributed by atoms with Crippen molar-refractivity contribution in [3.63, 3.8) is 0 Å². The molecule has 3 aromatic rings. The van der Waals surface area contributed by atoms with E-state index in [4.69, 9.17) is 4.74 Å². The molecular weight excluding hydrogens is 322 g/mol. The number of imidazole rings is 1. The third-order valence-corrected chi connectivity index (χ3v) is 4.27. The largest absolute Gasteiger partial charge is 0.492 e. The Labute approximate surface area is 144 Å². The number of anilines is 1. The zero-order chi connectivity index (χ0) is 16.8. The number of thioether (sulfide) groups is 1. The molecule has 0 saturated carbocycles. The second kappa shape index (κ2) is 7.88. The normalized spacial score (nSPS) is 10.7. The molecule has 0 radical (unpaired) electrons. The van der Waals surface area contributed by atoms with Crippen molar-refractivity contribution in [3.8, 4) is 5.75 Å². The molecule has 24 heavy (non-hydrogen) atoms. The van der Waals surface area contributed by atoms with E-state index in [1.807, 2.05) is 55.5 Å². The van der Waals surface area contributed by atoms with Crippen LogP contribution in [0.5, 0.6) is 5.75 Å². The Balaban J connectivity index is 1.52. The summed E-state index contributed by atoms with van der Waals surface area (Å²) in [6.07, 6.45) is 0.405. The predicted octanol–water partition coefficient (Wildman–Crippen LogP) is 4.08. The summed E-state index contributed by atoms with van der Waals surface area (Å²) in [5, 5.41) is 3.73. The van der Waals surface area contributed by atoms with E-state index < -0.39 is 0 Å². The van der Waals surface area contributed by atoms with Gasteiger partial charge in [-0.15, -0.1) is 0 Å². The highest BCUT2D eigenvalue weighted by Gasteiger charge is 2.08. The van der Waals surface area contributed by atoms with Crippen LogP contribution in [-0.2, 0) is 4.79 Å². The molecule has 5 nitrogen and oxygen atoms in total. The number of fused-ring (bicyclic) bond motifs is 1. The van der Waals surface area contributed by atoms with Crippen molar-refractivity contribution in [2.75, 3.05) is 17.7 Å². The zero-order valence-corrected chi connectivity index (χ0v) is 14.2. The van der Waals surface area contributed by atoms with Gasteiger partial charge in [-0.2, -0.15) is 0 Å². The lowest BCUT2D eigenvalue weighted by atomic mass is 10.3. The molecule has 1 amide bonds. The van der Waals surface area contributed by atoms with Gasteiger partial charge in [0.05, 0.1) is 23.3 Å².